The van der Waals surface area contributed by atoms with Crippen LogP contribution in [-0.4, -0.2) is 56.4 Å². The van der Waals surface area contributed by atoms with Gasteiger partial charge in [-0.25, -0.2) is 9.59 Å². The molecule has 0 saturated carbocycles. The number of benzene rings is 1. The zero-order valence-electron chi connectivity index (χ0n) is 15.7. The van der Waals surface area contributed by atoms with E-state index >= 15 is 0 Å². The van der Waals surface area contributed by atoms with Gasteiger partial charge < -0.3 is 19.9 Å². The lowest BCUT2D eigenvalue weighted by molar-refractivity contribution is -0.183. The second-order valence-corrected chi connectivity index (χ2v) is 7.17. The second kappa shape index (κ2) is 8.28. The summed E-state index contributed by atoms with van der Waals surface area (Å²) in [4.78, 5) is 27.8. The van der Waals surface area contributed by atoms with Crippen molar-refractivity contribution in [3.63, 3.8) is 0 Å². The van der Waals surface area contributed by atoms with E-state index in [0.717, 1.165) is 31.6 Å². The molecule has 2 fully saturated rings. The summed E-state index contributed by atoms with van der Waals surface area (Å²) >= 11 is 0. The molecule has 154 valence electrons. The Labute approximate surface area is 161 Å². The maximum absolute atomic E-state index is 13.0. The summed E-state index contributed by atoms with van der Waals surface area (Å²) in [6.07, 6.45) is -1.94. The minimum atomic E-state index is -4.32. The molecule has 28 heavy (non-hydrogen) atoms. The van der Waals surface area contributed by atoms with Crippen LogP contribution in [0.5, 0.6) is 0 Å². The smallest absolute Gasteiger partial charge is 0.393 e. The number of urea groups is 1. The first-order valence-corrected chi connectivity index (χ1v) is 9.39. The molecule has 6 nitrogen and oxygen atoms in total. The molecule has 1 aromatic rings. The highest BCUT2D eigenvalue weighted by Crippen LogP contribution is 2.34. The average molecular weight is 399 g/mol. The number of ether oxygens (including phenoxy) is 1. The molecule has 0 radical (unpaired) electrons. The minimum absolute atomic E-state index is 0.0319. The summed E-state index contributed by atoms with van der Waals surface area (Å²) in [5.41, 5.74) is 1.43. The van der Waals surface area contributed by atoms with E-state index in [9.17, 15) is 22.8 Å². The quantitative estimate of drug-likeness (QED) is 0.784. The number of nitrogens with one attached hydrogen (secondary N) is 1. The fraction of sp³-hybridized carbons (Fsp3) is 0.579. The van der Waals surface area contributed by atoms with Gasteiger partial charge in [0.25, 0.3) is 0 Å². The first-order chi connectivity index (χ1) is 13.3. The van der Waals surface area contributed by atoms with Crippen LogP contribution < -0.4 is 10.2 Å². The topological polar surface area (TPSA) is 61.9 Å². The third kappa shape index (κ3) is 4.51. The van der Waals surface area contributed by atoms with Crippen molar-refractivity contribution in [3.05, 3.63) is 23.8 Å². The Kier molecular flexibility index (Phi) is 6.00. The lowest BCUT2D eigenvalue weighted by Crippen LogP contribution is -2.46. The molecule has 3 rings (SSSR count). The summed E-state index contributed by atoms with van der Waals surface area (Å²) in [6, 6.07) is 4.29. The van der Waals surface area contributed by atoms with E-state index in [-0.39, 0.29) is 25.1 Å². The Balaban J connectivity index is 1.80. The van der Waals surface area contributed by atoms with Crippen molar-refractivity contribution < 1.29 is 27.5 Å². The van der Waals surface area contributed by atoms with Gasteiger partial charge in [0.1, 0.15) is 0 Å². The SMILES string of the molecule is COC(=O)c1ccc(N2CCCC2)c(NC(=O)N2CCC[C@@H](C(F)(F)F)C2)c1. The largest absolute Gasteiger partial charge is 0.465 e. The van der Waals surface area contributed by atoms with Crippen molar-refractivity contribution in [2.24, 2.45) is 5.92 Å². The van der Waals surface area contributed by atoms with Crippen molar-refractivity contribution in [1.82, 2.24) is 4.90 Å². The number of halogens is 3. The number of alkyl halides is 3. The fourth-order valence-corrected chi connectivity index (χ4v) is 3.74. The van der Waals surface area contributed by atoms with Crippen LogP contribution in [0.4, 0.5) is 29.3 Å². The van der Waals surface area contributed by atoms with E-state index in [0.29, 0.717) is 12.1 Å². The first-order valence-electron chi connectivity index (χ1n) is 9.39. The molecule has 0 spiro atoms. The Bertz CT molecular complexity index is 733. The Hall–Kier alpha value is -2.45. The molecule has 2 aliphatic rings. The molecule has 2 aliphatic heterocycles. The average Bonchev–Trinajstić information content (AvgIpc) is 3.21. The van der Waals surface area contributed by atoms with Gasteiger partial charge >= 0.3 is 18.2 Å². The van der Waals surface area contributed by atoms with Crippen molar-refractivity contribution in [2.75, 3.05) is 43.5 Å². The number of hydrogen-bond donors (Lipinski definition) is 1. The van der Waals surface area contributed by atoms with Gasteiger partial charge in [0, 0.05) is 26.2 Å². The van der Waals surface area contributed by atoms with E-state index in [4.69, 9.17) is 4.74 Å². The first kappa shape index (κ1) is 20.3. The molecule has 2 amide bonds. The zero-order chi connectivity index (χ0) is 20.3. The van der Waals surface area contributed by atoms with Crippen molar-refractivity contribution in [1.29, 1.82) is 0 Å². The van der Waals surface area contributed by atoms with Gasteiger partial charge in [-0.2, -0.15) is 13.2 Å². The van der Waals surface area contributed by atoms with Gasteiger partial charge in [0.15, 0.2) is 0 Å². The van der Waals surface area contributed by atoms with Gasteiger partial charge in [-0.3, -0.25) is 0 Å². The molecule has 2 heterocycles. The molecular weight excluding hydrogens is 375 g/mol. The molecule has 1 aromatic carbocycles. The predicted molar refractivity (Wildman–Crippen MR) is 98.6 cm³/mol. The monoisotopic (exact) mass is 399 g/mol. The summed E-state index contributed by atoms with van der Waals surface area (Å²) in [6.45, 7) is 1.56. The Morgan fingerprint density at radius 1 is 1.14 bits per heavy atom. The van der Waals surface area contributed by atoms with Gasteiger partial charge in [-0.15, -0.1) is 0 Å². The third-order valence-corrected chi connectivity index (χ3v) is 5.28. The van der Waals surface area contributed by atoms with E-state index in [1.54, 1.807) is 12.1 Å². The van der Waals surface area contributed by atoms with Gasteiger partial charge in [0.2, 0.25) is 0 Å². The number of amides is 2. The molecule has 2 saturated heterocycles. The van der Waals surface area contributed by atoms with Gasteiger partial charge in [0.05, 0.1) is 30.0 Å². The maximum Gasteiger partial charge on any atom is 0.393 e. The highest BCUT2D eigenvalue weighted by Gasteiger charge is 2.42. The maximum atomic E-state index is 13.0. The minimum Gasteiger partial charge on any atom is -0.465 e. The molecular formula is C19H24F3N3O3. The van der Waals surface area contributed by atoms with Crippen LogP contribution in [0, 0.1) is 5.92 Å². The van der Waals surface area contributed by atoms with Crippen LogP contribution in [0.25, 0.3) is 0 Å². The van der Waals surface area contributed by atoms with Gasteiger partial charge in [-0.05, 0) is 43.9 Å². The predicted octanol–water partition coefficient (Wildman–Crippen LogP) is 3.88. The van der Waals surface area contributed by atoms with E-state index in [2.05, 4.69) is 10.2 Å². The molecule has 0 aromatic heterocycles. The number of piperidine rings is 1. The normalized spacial score (nSPS) is 20.2. The van der Waals surface area contributed by atoms with Crippen LogP contribution in [0.3, 0.4) is 0 Å². The van der Waals surface area contributed by atoms with Crippen LogP contribution >= 0.6 is 0 Å². The van der Waals surface area contributed by atoms with Crippen molar-refractivity contribution in [3.8, 4) is 0 Å². The highest BCUT2D eigenvalue weighted by atomic mass is 19.4. The fourth-order valence-electron chi connectivity index (χ4n) is 3.74. The molecule has 0 bridgehead atoms. The zero-order valence-corrected chi connectivity index (χ0v) is 15.7. The van der Waals surface area contributed by atoms with Crippen LogP contribution in [0.1, 0.15) is 36.0 Å². The molecule has 0 unspecified atom stereocenters. The van der Waals surface area contributed by atoms with Crippen molar-refractivity contribution >= 4 is 23.4 Å². The van der Waals surface area contributed by atoms with E-state index < -0.39 is 24.1 Å². The second-order valence-electron chi connectivity index (χ2n) is 7.17. The summed E-state index contributed by atoms with van der Waals surface area (Å²) in [7, 11) is 1.26. The summed E-state index contributed by atoms with van der Waals surface area (Å²) in [5, 5.41) is 2.72. The number of esters is 1. The van der Waals surface area contributed by atoms with Crippen LogP contribution in [0.2, 0.25) is 0 Å². The van der Waals surface area contributed by atoms with Crippen molar-refractivity contribution in [2.45, 2.75) is 31.9 Å². The molecule has 9 heteroatoms. The van der Waals surface area contributed by atoms with Crippen LogP contribution in [-0.2, 0) is 4.74 Å². The van der Waals surface area contributed by atoms with Gasteiger partial charge in [-0.1, -0.05) is 0 Å². The standard InChI is InChI=1S/C19H24F3N3O3/c1-28-17(26)13-6-7-16(24-8-2-3-9-24)15(11-13)23-18(27)25-10-4-5-14(12-25)19(20,21)22/h6-7,11,14H,2-5,8-10,12H2,1H3,(H,23,27)/t14-/m1/s1. The third-order valence-electron chi connectivity index (χ3n) is 5.28. The summed E-state index contributed by atoms with van der Waals surface area (Å²) < 4.78 is 43.8. The highest BCUT2D eigenvalue weighted by molar-refractivity contribution is 5.97. The number of carbonyl (C=O) groups is 2. The van der Waals surface area contributed by atoms with E-state index in [1.807, 2.05) is 0 Å². The van der Waals surface area contributed by atoms with E-state index in [1.165, 1.54) is 18.1 Å². The number of rotatable bonds is 3. The number of likely N-dealkylation sites (tertiary alicyclic amines) is 1. The number of carbonyl (C=O) groups excluding carboxylic acids is 2. The Morgan fingerprint density at radius 3 is 2.50 bits per heavy atom. The lowest BCUT2D eigenvalue weighted by Gasteiger charge is -2.34. The number of hydrogen-bond acceptors (Lipinski definition) is 4. The lowest BCUT2D eigenvalue weighted by atomic mass is 9.98. The molecule has 0 aliphatic carbocycles. The molecule has 1 N–H and O–H groups in total. The Morgan fingerprint density at radius 2 is 1.86 bits per heavy atom. The number of nitrogens with zero attached hydrogens (tertiary/aromatic N) is 2. The van der Waals surface area contributed by atoms with Crippen LogP contribution in [0.15, 0.2) is 18.2 Å². The number of methoxy groups -OCH3 is 1. The molecule has 1 atom stereocenters. The number of anilines is 2. The summed E-state index contributed by atoms with van der Waals surface area (Å²) in [5.74, 6) is -2.05.